The molecule has 0 amide bonds. The van der Waals surface area contributed by atoms with Crippen molar-refractivity contribution >= 4 is 49.7 Å². The van der Waals surface area contributed by atoms with E-state index < -0.39 is 11.9 Å². The molecule has 1 aliphatic rings. The van der Waals surface area contributed by atoms with Crippen LogP contribution in [0.25, 0.3) is 0 Å². The summed E-state index contributed by atoms with van der Waals surface area (Å²) < 4.78 is 0. The molecule has 14 heavy (non-hydrogen) atoms. The third kappa shape index (κ3) is 3.26. The molecule has 0 fully saturated rings. The van der Waals surface area contributed by atoms with E-state index in [1.54, 1.807) is 0 Å². The molecule has 0 saturated heterocycles. The molecule has 0 spiro atoms. The second kappa shape index (κ2) is 5.73. The first-order valence-corrected chi connectivity index (χ1v) is 4.17. The molecule has 1 aliphatic carbocycles. The molecular formula is C9H10CaO4. The maximum absolute atomic E-state index is 10.6. The molecule has 0 saturated carbocycles. The second-order valence-electron chi connectivity index (χ2n) is 3.38. The van der Waals surface area contributed by atoms with Gasteiger partial charge in [-0.25, -0.2) is 0 Å². The van der Waals surface area contributed by atoms with Gasteiger partial charge in [0, 0.05) is 0 Å². The van der Waals surface area contributed by atoms with Crippen LogP contribution < -0.4 is 10.2 Å². The van der Waals surface area contributed by atoms with Crippen LogP contribution in [-0.2, 0) is 9.59 Å². The zero-order chi connectivity index (χ0) is 10.0. The van der Waals surface area contributed by atoms with Crippen LogP contribution in [0, 0.1) is 5.92 Å². The molecule has 1 unspecified atom stereocenters. The molecule has 0 aromatic carbocycles. The molecule has 0 aromatic rings. The number of carbonyl (C=O) groups excluding carboxylic acids is 2. The minimum absolute atomic E-state index is 0. The van der Waals surface area contributed by atoms with Crippen molar-refractivity contribution in [2.45, 2.75) is 26.2 Å². The van der Waals surface area contributed by atoms with Gasteiger partial charge in [0.25, 0.3) is 0 Å². The summed E-state index contributed by atoms with van der Waals surface area (Å²) in [6, 6.07) is 0. The first-order chi connectivity index (χ1) is 6.02. The zero-order valence-electron chi connectivity index (χ0n) is 8.04. The smallest absolute Gasteiger partial charge is 0.545 e. The van der Waals surface area contributed by atoms with Crippen LogP contribution in [0.2, 0.25) is 0 Å². The van der Waals surface area contributed by atoms with E-state index in [1.165, 1.54) is 0 Å². The molecule has 4 nitrogen and oxygen atoms in total. The van der Waals surface area contributed by atoms with Crippen LogP contribution in [0.5, 0.6) is 0 Å². The Morgan fingerprint density at radius 2 is 1.71 bits per heavy atom. The van der Waals surface area contributed by atoms with Crippen molar-refractivity contribution in [3.63, 3.8) is 0 Å². The maximum atomic E-state index is 10.6. The SMILES string of the molecule is CC1CCC(C(=O)[O-])=C(C(=O)[O-])C1.[Ca+2]. The van der Waals surface area contributed by atoms with E-state index >= 15 is 0 Å². The average molecular weight is 222 g/mol. The van der Waals surface area contributed by atoms with E-state index in [9.17, 15) is 19.8 Å². The van der Waals surface area contributed by atoms with Crippen molar-refractivity contribution in [1.29, 1.82) is 0 Å². The van der Waals surface area contributed by atoms with Gasteiger partial charge in [-0.2, -0.15) is 0 Å². The predicted molar refractivity (Wildman–Crippen MR) is 45.8 cm³/mol. The molecule has 0 heterocycles. The third-order valence-corrected chi connectivity index (χ3v) is 2.30. The second-order valence-corrected chi connectivity index (χ2v) is 3.38. The summed E-state index contributed by atoms with van der Waals surface area (Å²) >= 11 is 0. The van der Waals surface area contributed by atoms with E-state index in [2.05, 4.69) is 0 Å². The molecule has 72 valence electrons. The summed E-state index contributed by atoms with van der Waals surface area (Å²) in [5.74, 6) is -2.56. The van der Waals surface area contributed by atoms with Crippen molar-refractivity contribution < 1.29 is 19.8 Å². The largest absolute Gasteiger partial charge is 2.00 e. The molecule has 5 heteroatoms. The fraction of sp³-hybridized carbons (Fsp3) is 0.556. The van der Waals surface area contributed by atoms with Crippen LogP contribution in [0.4, 0.5) is 0 Å². The summed E-state index contributed by atoms with van der Waals surface area (Å²) in [6.45, 7) is 1.88. The number of aliphatic carboxylic acids is 2. The Kier molecular flexibility index (Phi) is 5.71. The minimum Gasteiger partial charge on any atom is -0.545 e. The monoisotopic (exact) mass is 222 g/mol. The third-order valence-electron chi connectivity index (χ3n) is 2.30. The fourth-order valence-corrected chi connectivity index (χ4v) is 1.55. The van der Waals surface area contributed by atoms with E-state index in [-0.39, 0.29) is 67.6 Å². The van der Waals surface area contributed by atoms with Gasteiger partial charge in [0.2, 0.25) is 0 Å². The van der Waals surface area contributed by atoms with Crippen LogP contribution in [0.3, 0.4) is 0 Å². The van der Waals surface area contributed by atoms with Crippen molar-refractivity contribution in [3.05, 3.63) is 11.1 Å². The maximum Gasteiger partial charge on any atom is 2.00 e. The van der Waals surface area contributed by atoms with Gasteiger partial charge in [-0.3, -0.25) is 0 Å². The van der Waals surface area contributed by atoms with E-state index in [4.69, 9.17) is 0 Å². The fourth-order valence-electron chi connectivity index (χ4n) is 1.55. The molecule has 1 atom stereocenters. The number of hydrogen-bond acceptors (Lipinski definition) is 4. The van der Waals surface area contributed by atoms with E-state index in [0.717, 1.165) is 0 Å². The van der Waals surface area contributed by atoms with Gasteiger partial charge in [0.1, 0.15) is 0 Å². The topological polar surface area (TPSA) is 80.3 Å². The number of rotatable bonds is 2. The van der Waals surface area contributed by atoms with Gasteiger partial charge in [-0.05, 0) is 36.3 Å². The minimum atomic E-state index is -1.38. The molecule has 0 aliphatic heterocycles. The Bertz CT molecular complexity index is 283. The Hall–Kier alpha value is -0.0603. The Balaban J connectivity index is 0.00000169. The quantitative estimate of drug-likeness (QED) is 0.517. The van der Waals surface area contributed by atoms with Crippen molar-refractivity contribution in [1.82, 2.24) is 0 Å². The van der Waals surface area contributed by atoms with Crippen molar-refractivity contribution in [2.24, 2.45) is 5.92 Å². The number of carbonyl (C=O) groups is 2. The molecule has 1 rings (SSSR count). The van der Waals surface area contributed by atoms with Crippen LogP contribution >= 0.6 is 0 Å². The van der Waals surface area contributed by atoms with Crippen LogP contribution in [0.15, 0.2) is 11.1 Å². The first kappa shape index (κ1) is 13.9. The molecule has 0 aromatic heterocycles. The average Bonchev–Trinajstić information content (AvgIpc) is 2.03. The summed E-state index contributed by atoms with van der Waals surface area (Å²) in [6.07, 6.45) is 1.23. The van der Waals surface area contributed by atoms with Gasteiger partial charge in [-0.15, -0.1) is 0 Å². The van der Waals surface area contributed by atoms with Crippen molar-refractivity contribution in [2.75, 3.05) is 0 Å². The molecule has 0 bridgehead atoms. The summed E-state index contributed by atoms with van der Waals surface area (Å²) in [5, 5.41) is 21.1. The summed E-state index contributed by atoms with van der Waals surface area (Å²) in [5.41, 5.74) is -0.197. The van der Waals surface area contributed by atoms with Gasteiger partial charge >= 0.3 is 37.7 Å². The van der Waals surface area contributed by atoms with Crippen LogP contribution in [0.1, 0.15) is 26.2 Å². The molecule has 0 radical (unpaired) electrons. The first-order valence-electron chi connectivity index (χ1n) is 4.17. The zero-order valence-corrected chi connectivity index (χ0v) is 10.2. The Morgan fingerprint density at radius 3 is 2.14 bits per heavy atom. The Morgan fingerprint density at radius 1 is 1.21 bits per heavy atom. The predicted octanol–water partition coefficient (Wildman–Crippen LogP) is -1.78. The number of hydrogen-bond donors (Lipinski definition) is 0. The standard InChI is InChI=1S/C9H12O4.Ca/c1-5-2-3-6(8(10)11)7(4-5)9(12)13;/h5H,2-4H2,1H3,(H,10,11)(H,12,13);/q;+2/p-2. The number of carboxylic acids is 2. The van der Waals surface area contributed by atoms with Gasteiger partial charge < -0.3 is 19.8 Å². The molecular weight excluding hydrogens is 212 g/mol. The molecule has 0 N–H and O–H groups in total. The van der Waals surface area contributed by atoms with Crippen molar-refractivity contribution in [3.8, 4) is 0 Å². The van der Waals surface area contributed by atoms with Gasteiger partial charge in [0.15, 0.2) is 0 Å². The summed E-state index contributed by atoms with van der Waals surface area (Å²) in [7, 11) is 0. The van der Waals surface area contributed by atoms with E-state index in [1.807, 2.05) is 6.92 Å². The van der Waals surface area contributed by atoms with E-state index in [0.29, 0.717) is 6.42 Å². The van der Waals surface area contributed by atoms with Gasteiger partial charge in [0.05, 0.1) is 11.9 Å². The Labute approximate surface area is 112 Å². The normalized spacial score (nSPS) is 21.4. The van der Waals surface area contributed by atoms with Crippen LogP contribution in [-0.4, -0.2) is 49.7 Å². The summed E-state index contributed by atoms with van der Waals surface area (Å²) in [4.78, 5) is 21.1. The number of carboxylic acid groups (broad SMARTS) is 2. The van der Waals surface area contributed by atoms with Gasteiger partial charge in [-0.1, -0.05) is 6.92 Å².